The fraction of sp³-hybridized carbons (Fsp3) is 0.600. The normalized spacial score (nSPS) is 16.0. The van der Waals surface area contributed by atoms with Gasteiger partial charge in [0.05, 0.1) is 0 Å². The molecule has 0 bridgehead atoms. The average molecular weight is 373 g/mol. The summed E-state index contributed by atoms with van der Waals surface area (Å²) in [7, 11) is 0. The van der Waals surface area contributed by atoms with E-state index in [-0.39, 0.29) is 24.8 Å². The van der Waals surface area contributed by atoms with E-state index < -0.39 is 0 Å². The number of hydrogen-bond donors (Lipinski definition) is 1. The van der Waals surface area contributed by atoms with Gasteiger partial charge in [0.15, 0.2) is 0 Å². The van der Waals surface area contributed by atoms with E-state index in [2.05, 4.69) is 57.5 Å². The maximum atomic E-state index is 3.93. The van der Waals surface area contributed by atoms with Gasteiger partial charge in [-0.15, -0.1) is 31.4 Å². The number of piperazine rings is 1. The van der Waals surface area contributed by atoms with Gasteiger partial charge in [-0.1, -0.05) is 6.08 Å². The van der Waals surface area contributed by atoms with Gasteiger partial charge < -0.3 is 5.32 Å². The van der Waals surface area contributed by atoms with Crippen LogP contribution in [0, 0.1) is 34.6 Å². The zero-order chi connectivity index (χ0) is 16.3. The molecule has 0 aromatic heterocycles. The van der Waals surface area contributed by atoms with Gasteiger partial charge in [0.25, 0.3) is 0 Å². The molecule has 1 aromatic rings. The minimum Gasteiger partial charge on any atom is -0.314 e. The second-order valence-corrected chi connectivity index (χ2v) is 6.71. The minimum atomic E-state index is 0. The summed E-state index contributed by atoms with van der Waals surface area (Å²) in [4.78, 5) is 2.67. The van der Waals surface area contributed by atoms with Gasteiger partial charge in [0.2, 0.25) is 0 Å². The molecule has 138 valence electrons. The molecule has 0 saturated carbocycles. The largest absolute Gasteiger partial charge is 0.314 e. The highest BCUT2D eigenvalue weighted by molar-refractivity contribution is 5.85. The lowest BCUT2D eigenvalue weighted by Crippen LogP contribution is -2.45. The summed E-state index contributed by atoms with van der Waals surface area (Å²) in [5, 5.41) is 3.48. The van der Waals surface area contributed by atoms with Crippen molar-refractivity contribution in [2.75, 3.05) is 26.2 Å². The third-order valence-electron chi connectivity index (χ3n) is 5.63. The lowest BCUT2D eigenvalue weighted by molar-refractivity contribution is 0.165. The molecule has 1 saturated heterocycles. The summed E-state index contributed by atoms with van der Waals surface area (Å²) in [6.45, 7) is 19.9. The van der Waals surface area contributed by atoms with Gasteiger partial charge >= 0.3 is 0 Å². The molecule has 0 radical (unpaired) electrons. The van der Waals surface area contributed by atoms with Gasteiger partial charge in [-0.05, 0) is 80.8 Å². The molecule has 1 aliphatic rings. The first-order chi connectivity index (χ1) is 10.5. The van der Waals surface area contributed by atoms with Gasteiger partial charge in [-0.25, -0.2) is 0 Å². The maximum absolute atomic E-state index is 3.93. The lowest BCUT2D eigenvalue weighted by atomic mass is 9.84. The van der Waals surface area contributed by atoms with Crippen LogP contribution in [0.15, 0.2) is 12.7 Å². The number of rotatable bonds is 5. The molecule has 24 heavy (non-hydrogen) atoms. The Bertz CT molecular complexity index is 520. The molecule has 1 fully saturated rings. The molecule has 0 aliphatic carbocycles. The van der Waals surface area contributed by atoms with Crippen molar-refractivity contribution in [2.24, 2.45) is 0 Å². The summed E-state index contributed by atoms with van der Waals surface area (Å²) in [5.74, 6) is 0. The van der Waals surface area contributed by atoms with Crippen molar-refractivity contribution in [1.29, 1.82) is 0 Å². The molecule has 1 aliphatic heterocycles. The molecular weight excluding hydrogens is 339 g/mol. The van der Waals surface area contributed by atoms with Crippen LogP contribution in [-0.4, -0.2) is 31.1 Å². The van der Waals surface area contributed by atoms with E-state index in [9.17, 15) is 0 Å². The average Bonchev–Trinajstić information content (AvgIpc) is 2.55. The first-order valence-corrected chi connectivity index (χ1v) is 8.61. The van der Waals surface area contributed by atoms with E-state index in [1.165, 1.54) is 34.2 Å². The van der Waals surface area contributed by atoms with Crippen LogP contribution in [0.4, 0.5) is 0 Å². The number of nitrogens with one attached hydrogen (secondary N) is 1. The molecule has 1 N–H and O–H groups in total. The van der Waals surface area contributed by atoms with Crippen LogP contribution in [0.5, 0.6) is 0 Å². The predicted molar refractivity (Wildman–Crippen MR) is 111 cm³/mol. The first kappa shape index (κ1) is 23.5. The molecule has 2 nitrogen and oxygen atoms in total. The van der Waals surface area contributed by atoms with E-state index >= 15 is 0 Å². The first-order valence-electron chi connectivity index (χ1n) is 8.61. The minimum absolute atomic E-state index is 0. The fourth-order valence-electron chi connectivity index (χ4n) is 3.81. The number of nitrogens with zero attached hydrogens (tertiary/aromatic N) is 1. The molecule has 0 unspecified atom stereocenters. The number of halogens is 2. The van der Waals surface area contributed by atoms with Gasteiger partial charge in [0.1, 0.15) is 0 Å². The Labute approximate surface area is 160 Å². The van der Waals surface area contributed by atoms with Crippen LogP contribution in [0.25, 0.3) is 0 Å². The molecule has 1 atom stereocenters. The Hall–Kier alpha value is -0.540. The molecular formula is C20H34Cl2N2. The van der Waals surface area contributed by atoms with Crippen LogP contribution in [0.3, 0.4) is 0 Å². The van der Waals surface area contributed by atoms with Crippen molar-refractivity contribution >= 4 is 24.8 Å². The topological polar surface area (TPSA) is 15.3 Å². The van der Waals surface area contributed by atoms with Crippen LogP contribution in [0.1, 0.15) is 52.3 Å². The molecule has 2 rings (SSSR count). The zero-order valence-corrected chi connectivity index (χ0v) is 17.5. The SMILES string of the molecule is C=CCC[C@@H](c1c(C)c(C)c(C)c(C)c1C)N1CCNCC1.Cl.Cl. The third-order valence-corrected chi connectivity index (χ3v) is 5.63. The maximum Gasteiger partial charge on any atom is 0.0357 e. The van der Waals surface area contributed by atoms with Crippen LogP contribution in [0.2, 0.25) is 0 Å². The molecule has 0 spiro atoms. The Morgan fingerprint density at radius 2 is 1.38 bits per heavy atom. The fourth-order valence-corrected chi connectivity index (χ4v) is 3.81. The van der Waals surface area contributed by atoms with Crippen molar-refractivity contribution in [3.05, 3.63) is 46.0 Å². The highest BCUT2D eigenvalue weighted by Crippen LogP contribution is 2.36. The predicted octanol–water partition coefficient (Wildman–Crippen LogP) is 4.98. The Morgan fingerprint density at radius 3 is 1.83 bits per heavy atom. The zero-order valence-electron chi connectivity index (χ0n) is 15.9. The van der Waals surface area contributed by atoms with Crippen molar-refractivity contribution in [2.45, 2.75) is 53.5 Å². The van der Waals surface area contributed by atoms with Crippen molar-refractivity contribution in [3.8, 4) is 0 Å². The number of hydrogen-bond acceptors (Lipinski definition) is 2. The summed E-state index contributed by atoms with van der Waals surface area (Å²) in [6.07, 6.45) is 4.32. The van der Waals surface area contributed by atoms with Gasteiger partial charge in [0, 0.05) is 32.2 Å². The van der Waals surface area contributed by atoms with E-state index in [4.69, 9.17) is 0 Å². The van der Waals surface area contributed by atoms with Crippen molar-refractivity contribution in [1.82, 2.24) is 10.2 Å². The van der Waals surface area contributed by atoms with Crippen molar-refractivity contribution in [3.63, 3.8) is 0 Å². The molecule has 1 aromatic carbocycles. The summed E-state index contributed by atoms with van der Waals surface area (Å²) in [6, 6.07) is 0.526. The van der Waals surface area contributed by atoms with Crippen LogP contribution in [-0.2, 0) is 0 Å². The summed E-state index contributed by atoms with van der Waals surface area (Å²) in [5.41, 5.74) is 8.96. The van der Waals surface area contributed by atoms with Crippen LogP contribution < -0.4 is 5.32 Å². The second kappa shape index (κ2) is 10.5. The van der Waals surface area contributed by atoms with E-state index in [0.29, 0.717) is 6.04 Å². The molecule has 4 heteroatoms. The van der Waals surface area contributed by atoms with E-state index in [0.717, 1.165) is 32.6 Å². The highest BCUT2D eigenvalue weighted by atomic mass is 35.5. The third kappa shape index (κ3) is 4.76. The Kier molecular flexibility index (Phi) is 10.2. The van der Waals surface area contributed by atoms with E-state index in [1.54, 1.807) is 5.56 Å². The highest BCUT2D eigenvalue weighted by Gasteiger charge is 2.26. The molecule has 1 heterocycles. The quantitative estimate of drug-likeness (QED) is 0.732. The number of benzene rings is 1. The van der Waals surface area contributed by atoms with Gasteiger partial charge in [-0.2, -0.15) is 0 Å². The second-order valence-electron chi connectivity index (χ2n) is 6.71. The van der Waals surface area contributed by atoms with Gasteiger partial charge in [-0.3, -0.25) is 4.90 Å². The Morgan fingerprint density at radius 1 is 0.917 bits per heavy atom. The Balaban J connectivity index is 0.00000264. The van der Waals surface area contributed by atoms with Crippen LogP contribution >= 0.6 is 24.8 Å². The van der Waals surface area contributed by atoms with E-state index in [1.807, 2.05) is 0 Å². The standard InChI is InChI=1S/C20H32N2.2ClH/c1-7-8-9-19(22-12-10-21-11-13-22)20-17(5)15(3)14(2)16(4)18(20)6;;/h7,19,21H,1,8-13H2,2-6H3;2*1H/t19-;;/m0../s1. The molecule has 0 amide bonds. The van der Waals surface area contributed by atoms with Crippen molar-refractivity contribution < 1.29 is 0 Å². The monoisotopic (exact) mass is 372 g/mol. The number of allylic oxidation sites excluding steroid dienone is 1. The lowest BCUT2D eigenvalue weighted by Gasteiger charge is -2.37. The smallest absolute Gasteiger partial charge is 0.0357 e. The summed E-state index contributed by atoms with van der Waals surface area (Å²) < 4.78 is 0. The summed E-state index contributed by atoms with van der Waals surface area (Å²) >= 11 is 0.